The lowest BCUT2D eigenvalue weighted by Gasteiger charge is -2.11. The Balaban J connectivity index is 1.94. The zero-order valence-corrected chi connectivity index (χ0v) is 14.0. The van der Waals surface area contributed by atoms with Gasteiger partial charge in [0.2, 0.25) is 5.91 Å². The number of imidazole rings is 1. The molecule has 0 saturated carbocycles. The third-order valence-electron chi connectivity index (χ3n) is 3.90. The molecule has 0 aliphatic rings. The maximum Gasteiger partial charge on any atom is 0.216 e. The number of nitrogens with zero attached hydrogens (tertiary/aromatic N) is 2. The Hall–Kier alpha value is -3.22. The average Bonchev–Trinajstić information content (AvgIpc) is 3.06. The van der Waals surface area contributed by atoms with Gasteiger partial charge in [-0.2, -0.15) is 0 Å². The highest BCUT2D eigenvalue weighted by Gasteiger charge is 2.14. The first-order chi connectivity index (χ1) is 12.5. The highest BCUT2D eigenvalue weighted by atomic mass is 19.1. The second-order valence-corrected chi connectivity index (χ2v) is 5.79. The van der Waals surface area contributed by atoms with Crippen LogP contribution in [0.2, 0.25) is 0 Å². The zero-order chi connectivity index (χ0) is 18.7. The van der Waals surface area contributed by atoms with E-state index in [0.29, 0.717) is 30.5 Å². The van der Waals surface area contributed by atoms with E-state index in [1.807, 2.05) is 10.6 Å². The molecule has 0 aliphatic heterocycles. The van der Waals surface area contributed by atoms with Crippen molar-refractivity contribution in [2.45, 2.75) is 13.5 Å². The lowest BCUT2D eigenvalue weighted by Crippen LogP contribution is -2.24. The summed E-state index contributed by atoms with van der Waals surface area (Å²) in [4.78, 5) is 15.3. The van der Waals surface area contributed by atoms with Crippen LogP contribution in [0.1, 0.15) is 6.92 Å². The van der Waals surface area contributed by atoms with Gasteiger partial charge < -0.3 is 15.0 Å². The third kappa shape index (κ3) is 3.72. The Morgan fingerprint density at radius 1 is 1.23 bits per heavy atom. The first-order valence-corrected chi connectivity index (χ1v) is 8.00. The van der Waals surface area contributed by atoms with Crippen LogP contribution in [0.25, 0.3) is 22.5 Å². The number of hydrogen-bond donors (Lipinski definition) is 2. The molecule has 0 fully saturated rings. The predicted octanol–water partition coefficient (Wildman–Crippen LogP) is 3.34. The number of carbonyl (C=O) groups excluding carboxylic acids is 1. The minimum atomic E-state index is -1.01. The summed E-state index contributed by atoms with van der Waals surface area (Å²) in [6, 6.07) is 8.61. The molecule has 2 aromatic carbocycles. The quantitative estimate of drug-likeness (QED) is 0.736. The lowest BCUT2D eigenvalue weighted by molar-refractivity contribution is -0.118. The molecule has 3 aromatic rings. The van der Waals surface area contributed by atoms with Crippen molar-refractivity contribution in [2.75, 3.05) is 6.54 Å². The number of aromatic nitrogens is 2. The van der Waals surface area contributed by atoms with Crippen molar-refractivity contribution in [3.05, 3.63) is 60.4 Å². The van der Waals surface area contributed by atoms with Gasteiger partial charge in [0.05, 0.1) is 0 Å². The molecule has 7 heteroatoms. The third-order valence-corrected chi connectivity index (χ3v) is 3.90. The van der Waals surface area contributed by atoms with Crippen LogP contribution in [0.4, 0.5) is 8.78 Å². The molecule has 2 N–H and O–H groups in total. The van der Waals surface area contributed by atoms with Crippen LogP contribution in [0.3, 0.4) is 0 Å². The maximum absolute atomic E-state index is 13.6. The largest absolute Gasteiger partial charge is 0.504 e. The fourth-order valence-electron chi connectivity index (χ4n) is 2.71. The number of amides is 1. The second kappa shape index (κ2) is 7.35. The molecule has 0 bridgehead atoms. The molecule has 0 unspecified atom stereocenters. The smallest absolute Gasteiger partial charge is 0.216 e. The van der Waals surface area contributed by atoms with Crippen molar-refractivity contribution in [2.24, 2.45) is 0 Å². The van der Waals surface area contributed by atoms with E-state index in [0.717, 1.165) is 11.6 Å². The standard InChI is InChI=1S/C19H17F2N3O2/c1-12(25)22-5-7-24-8-6-23-19(24)14-4-2-3-13(9-14)16-10-15(20)11-17(21)18(16)26/h2-4,6,8-11,26H,5,7H2,1H3,(H,22,25). The van der Waals surface area contributed by atoms with Crippen LogP contribution in [0, 0.1) is 11.6 Å². The van der Waals surface area contributed by atoms with Gasteiger partial charge in [0.25, 0.3) is 0 Å². The fourth-order valence-corrected chi connectivity index (χ4v) is 2.71. The minimum absolute atomic E-state index is 0.0701. The van der Waals surface area contributed by atoms with Crippen LogP contribution in [-0.2, 0) is 11.3 Å². The van der Waals surface area contributed by atoms with Gasteiger partial charge in [0.15, 0.2) is 11.6 Å². The Morgan fingerprint density at radius 3 is 2.77 bits per heavy atom. The number of benzene rings is 2. The number of phenolic OH excluding ortho intramolecular Hbond substituents is 1. The number of carbonyl (C=O) groups is 1. The van der Waals surface area contributed by atoms with Gasteiger partial charge in [0, 0.05) is 49.6 Å². The monoisotopic (exact) mass is 357 g/mol. The lowest BCUT2D eigenvalue weighted by atomic mass is 10.0. The van der Waals surface area contributed by atoms with E-state index in [4.69, 9.17) is 0 Å². The molecule has 3 rings (SSSR count). The van der Waals surface area contributed by atoms with E-state index in [1.54, 1.807) is 30.6 Å². The Kier molecular flexibility index (Phi) is 4.97. The summed E-state index contributed by atoms with van der Waals surface area (Å²) >= 11 is 0. The van der Waals surface area contributed by atoms with Crippen LogP contribution in [0.5, 0.6) is 5.75 Å². The molecule has 1 aromatic heterocycles. The normalized spacial score (nSPS) is 10.7. The van der Waals surface area contributed by atoms with Gasteiger partial charge in [-0.25, -0.2) is 13.8 Å². The summed E-state index contributed by atoms with van der Waals surface area (Å²) in [5.74, 6) is -1.84. The van der Waals surface area contributed by atoms with E-state index in [9.17, 15) is 18.7 Å². The summed E-state index contributed by atoms with van der Waals surface area (Å²) in [6.45, 7) is 2.43. The van der Waals surface area contributed by atoms with Crippen LogP contribution in [0.15, 0.2) is 48.8 Å². The van der Waals surface area contributed by atoms with E-state index in [2.05, 4.69) is 10.3 Å². The summed E-state index contributed by atoms with van der Waals surface area (Å²) in [6.07, 6.45) is 3.41. The Bertz CT molecular complexity index is 954. The molecule has 134 valence electrons. The van der Waals surface area contributed by atoms with Crippen molar-refractivity contribution in [1.29, 1.82) is 0 Å². The predicted molar refractivity (Wildman–Crippen MR) is 93.4 cm³/mol. The van der Waals surface area contributed by atoms with Crippen molar-refractivity contribution >= 4 is 5.91 Å². The van der Waals surface area contributed by atoms with Crippen molar-refractivity contribution < 1.29 is 18.7 Å². The van der Waals surface area contributed by atoms with Gasteiger partial charge >= 0.3 is 0 Å². The van der Waals surface area contributed by atoms with Crippen molar-refractivity contribution in [1.82, 2.24) is 14.9 Å². The van der Waals surface area contributed by atoms with Gasteiger partial charge in [-0.3, -0.25) is 4.79 Å². The van der Waals surface area contributed by atoms with Gasteiger partial charge in [-0.05, 0) is 17.7 Å². The molecule has 1 heterocycles. The van der Waals surface area contributed by atoms with Crippen molar-refractivity contribution in [3.63, 3.8) is 0 Å². The van der Waals surface area contributed by atoms with Crippen LogP contribution >= 0.6 is 0 Å². The molecule has 26 heavy (non-hydrogen) atoms. The molecule has 0 atom stereocenters. The molecule has 0 radical (unpaired) electrons. The molecule has 0 saturated heterocycles. The second-order valence-electron chi connectivity index (χ2n) is 5.79. The molecular formula is C19H17F2N3O2. The van der Waals surface area contributed by atoms with Gasteiger partial charge in [-0.15, -0.1) is 0 Å². The van der Waals surface area contributed by atoms with Gasteiger partial charge in [0.1, 0.15) is 11.6 Å². The molecule has 1 amide bonds. The number of aromatic hydroxyl groups is 1. The Morgan fingerprint density at radius 2 is 2.00 bits per heavy atom. The molecular weight excluding hydrogens is 340 g/mol. The van der Waals surface area contributed by atoms with Gasteiger partial charge in [-0.1, -0.05) is 18.2 Å². The van der Waals surface area contributed by atoms with Crippen LogP contribution in [-0.4, -0.2) is 27.1 Å². The number of hydrogen-bond acceptors (Lipinski definition) is 3. The summed E-state index contributed by atoms with van der Waals surface area (Å²) in [7, 11) is 0. The number of rotatable bonds is 5. The van der Waals surface area contributed by atoms with Crippen LogP contribution < -0.4 is 5.32 Å². The summed E-state index contributed by atoms with van der Waals surface area (Å²) in [5, 5.41) is 12.6. The molecule has 0 spiro atoms. The highest BCUT2D eigenvalue weighted by Crippen LogP contribution is 2.34. The number of phenols is 1. The van der Waals surface area contributed by atoms with E-state index < -0.39 is 17.4 Å². The molecule has 0 aliphatic carbocycles. The maximum atomic E-state index is 13.6. The fraction of sp³-hybridized carbons (Fsp3) is 0.158. The van der Waals surface area contributed by atoms with E-state index >= 15 is 0 Å². The number of halogens is 2. The first kappa shape index (κ1) is 17.6. The summed E-state index contributed by atoms with van der Waals surface area (Å²) < 4.78 is 29.0. The van der Waals surface area contributed by atoms with Crippen molar-refractivity contribution in [3.8, 4) is 28.3 Å². The topological polar surface area (TPSA) is 67.2 Å². The Labute approximate surface area is 148 Å². The first-order valence-electron chi connectivity index (χ1n) is 8.00. The number of nitrogens with one attached hydrogen (secondary N) is 1. The average molecular weight is 357 g/mol. The highest BCUT2D eigenvalue weighted by molar-refractivity contribution is 5.75. The SMILES string of the molecule is CC(=O)NCCn1ccnc1-c1cccc(-c2cc(F)cc(F)c2O)c1. The minimum Gasteiger partial charge on any atom is -0.504 e. The van der Waals surface area contributed by atoms with E-state index in [1.165, 1.54) is 6.92 Å². The van der Waals surface area contributed by atoms with E-state index in [-0.39, 0.29) is 11.5 Å². The molecule has 5 nitrogen and oxygen atoms in total. The summed E-state index contributed by atoms with van der Waals surface area (Å²) in [5.41, 5.74) is 1.26. The zero-order valence-electron chi connectivity index (χ0n) is 14.0.